The zero-order valence-corrected chi connectivity index (χ0v) is 41.5. The summed E-state index contributed by atoms with van der Waals surface area (Å²) in [6.07, 6.45) is 2.49. The third kappa shape index (κ3) is 12.8. The lowest BCUT2D eigenvalue weighted by molar-refractivity contribution is -0.142. The Labute approximate surface area is 389 Å². The fourth-order valence-corrected chi connectivity index (χ4v) is 11.5. The SMILES string of the molecule is Cc1c(C)c(S(=O)(=O)NC(N)=NCCC[C@H](NC(=O)[C@@H](N)CCCN=C(N)NS(=O)(=O)c2c(C)c(C)c3c(c2C)CC(C)(C)O3)C(=O)N[C@@H](CCCCN)C(=O)O)c(C)c2c1OC(C)(C)C2. The van der Waals surface area contributed by atoms with Gasteiger partial charge in [0.15, 0.2) is 0 Å². The molecule has 0 unspecified atom stereocenters. The average Bonchev–Trinajstić information content (AvgIpc) is 3.72. The molecule has 2 aliphatic rings. The molecule has 3 atom stereocenters. The van der Waals surface area contributed by atoms with Gasteiger partial charge in [0, 0.05) is 37.1 Å². The largest absolute Gasteiger partial charge is 0.487 e. The maximum Gasteiger partial charge on any atom is 0.326 e. The number of nitrogens with two attached hydrogens (primary N) is 4. The van der Waals surface area contributed by atoms with Gasteiger partial charge in [-0.1, -0.05) is 0 Å². The molecule has 0 bridgehead atoms. The van der Waals surface area contributed by atoms with E-state index in [1.54, 1.807) is 34.6 Å². The van der Waals surface area contributed by atoms with E-state index in [0.29, 0.717) is 71.5 Å². The summed E-state index contributed by atoms with van der Waals surface area (Å²) >= 11 is 0. The number of amides is 2. The third-order valence-corrected chi connectivity index (χ3v) is 15.3. The molecule has 2 amide bonds. The monoisotopic (exact) mass is 962 g/mol. The highest BCUT2D eigenvalue weighted by Gasteiger charge is 2.38. The van der Waals surface area contributed by atoms with Crippen LogP contribution in [0.1, 0.15) is 117 Å². The second-order valence-electron chi connectivity index (χ2n) is 18.5. The number of fused-ring (bicyclic) bond motifs is 2. The number of nitrogens with one attached hydrogen (secondary N) is 4. The minimum atomic E-state index is -4.18. The molecule has 22 heteroatoms. The van der Waals surface area contributed by atoms with Crippen molar-refractivity contribution in [3.63, 3.8) is 0 Å². The molecule has 0 saturated heterocycles. The predicted molar refractivity (Wildman–Crippen MR) is 253 cm³/mol. The lowest BCUT2D eigenvalue weighted by atomic mass is 9.94. The van der Waals surface area contributed by atoms with Gasteiger partial charge in [-0.2, -0.15) is 0 Å². The summed E-state index contributed by atoms with van der Waals surface area (Å²) in [6, 6.07) is -3.65. The third-order valence-electron chi connectivity index (χ3n) is 12.0. The lowest BCUT2D eigenvalue weighted by Gasteiger charge is -2.23. The summed E-state index contributed by atoms with van der Waals surface area (Å²) in [5.41, 5.74) is 28.1. The molecule has 2 heterocycles. The van der Waals surface area contributed by atoms with Crippen LogP contribution in [0.25, 0.3) is 0 Å². The Bertz CT molecular complexity index is 2490. The molecule has 0 aliphatic carbocycles. The molecule has 0 radical (unpaired) electrons. The zero-order valence-electron chi connectivity index (χ0n) is 39.9. The van der Waals surface area contributed by atoms with Crippen molar-refractivity contribution in [3.05, 3.63) is 44.5 Å². The highest BCUT2D eigenvalue weighted by atomic mass is 32.2. The molecular formula is C44H70N10O10S2. The highest BCUT2D eigenvalue weighted by Crippen LogP contribution is 2.45. The van der Waals surface area contributed by atoms with Gasteiger partial charge in [-0.15, -0.1) is 0 Å². The van der Waals surface area contributed by atoms with Crippen LogP contribution < -0.4 is 52.5 Å². The number of sulfonamides is 2. The van der Waals surface area contributed by atoms with Crippen LogP contribution in [0.15, 0.2) is 19.8 Å². The summed E-state index contributed by atoms with van der Waals surface area (Å²) in [6.45, 7) is 18.5. The van der Waals surface area contributed by atoms with Crippen LogP contribution >= 0.6 is 0 Å². The van der Waals surface area contributed by atoms with E-state index in [9.17, 15) is 36.3 Å². The Morgan fingerprint density at radius 3 is 1.47 bits per heavy atom. The summed E-state index contributed by atoms with van der Waals surface area (Å²) in [7, 11) is -8.31. The van der Waals surface area contributed by atoms with Crippen molar-refractivity contribution in [2.24, 2.45) is 32.9 Å². The number of rotatable bonds is 21. The number of guanidine groups is 2. The van der Waals surface area contributed by atoms with Crippen LogP contribution in [0.3, 0.4) is 0 Å². The molecule has 2 aromatic rings. The number of carboxylic acids is 1. The second-order valence-corrected chi connectivity index (χ2v) is 21.7. The van der Waals surface area contributed by atoms with Crippen molar-refractivity contribution >= 4 is 49.7 Å². The van der Waals surface area contributed by atoms with E-state index in [2.05, 4.69) is 30.1 Å². The topological polar surface area (TPSA) is 335 Å². The summed E-state index contributed by atoms with van der Waals surface area (Å²) in [4.78, 5) is 47.4. The number of ether oxygens (including phenoxy) is 2. The van der Waals surface area contributed by atoms with Crippen LogP contribution in [-0.4, -0.2) is 101 Å². The number of benzene rings is 2. The van der Waals surface area contributed by atoms with Crippen LogP contribution in [0.5, 0.6) is 11.5 Å². The number of hydrogen-bond donors (Lipinski definition) is 9. The van der Waals surface area contributed by atoms with E-state index in [-0.39, 0.29) is 66.9 Å². The first kappa shape index (κ1) is 53.4. The van der Waals surface area contributed by atoms with Crippen LogP contribution in [0.2, 0.25) is 0 Å². The Kier molecular flexibility index (Phi) is 17.2. The van der Waals surface area contributed by atoms with Crippen LogP contribution in [0.4, 0.5) is 0 Å². The Balaban J connectivity index is 1.39. The Hall–Kier alpha value is -5.19. The number of carboxylic acid groups (broad SMARTS) is 1. The van der Waals surface area contributed by atoms with Crippen molar-refractivity contribution < 1.29 is 45.8 Å². The van der Waals surface area contributed by atoms with Crippen molar-refractivity contribution in [2.75, 3.05) is 19.6 Å². The second kappa shape index (κ2) is 21.2. The van der Waals surface area contributed by atoms with E-state index >= 15 is 0 Å². The van der Waals surface area contributed by atoms with Gasteiger partial charge in [-0.05, 0) is 154 Å². The van der Waals surface area contributed by atoms with Gasteiger partial charge in [-0.25, -0.2) is 31.1 Å². The number of hydrogen-bond acceptors (Lipinski definition) is 13. The normalized spacial score (nSPS) is 16.8. The van der Waals surface area contributed by atoms with Crippen molar-refractivity contribution in [1.29, 1.82) is 0 Å². The highest BCUT2D eigenvalue weighted by molar-refractivity contribution is 7.90. The molecule has 368 valence electrons. The smallest absolute Gasteiger partial charge is 0.326 e. The van der Waals surface area contributed by atoms with Crippen molar-refractivity contribution in [1.82, 2.24) is 20.1 Å². The van der Waals surface area contributed by atoms with Gasteiger partial charge in [-0.3, -0.25) is 19.6 Å². The zero-order chi connectivity index (χ0) is 49.7. The number of unbranched alkanes of at least 4 members (excludes halogenated alkanes) is 1. The van der Waals surface area contributed by atoms with E-state index < -0.39 is 67.2 Å². The quantitative estimate of drug-likeness (QED) is 0.0491. The molecule has 2 aliphatic heterocycles. The molecule has 2 aromatic carbocycles. The number of nitrogens with zero attached hydrogens (tertiary/aromatic N) is 2. The average molecular weight is 963 g/mol. The van der Waals surface area contributed by atoms with Gasteiger partial charge in [0.1, 0.15) is 34.8 Å². The molecular weight excluding hydrogens is 893 g/mol. The Morgan fingerprint density at radius 2 is 1.05 bits per heavy atom. The lowest BCUT2D eigenvalue weighted by Crippen LogP contribution is -2.54. The summed E-state index contributed by atoms with van der Waals surface area (Å²) in [5, 5.41) is 14.9. The van der Waals surface area contributed by atoms with Gasteiger partial charge in [0.05, 0.1) is 15.8 Å². The van der Waals surface area contributed by atoms with E-state index in [1.807, 2.05) is 34.6 Å². The number of aliphatic carboxylic acids is 1. The number of aliphatic imine (C=N–C) groups is 2. The maximum absolute atomic E-state index is 13.7. The van der Waals surface area contributed by atoms with E-state index in [4.69, 9.17) is 32.4 Å². The first-order valence-electron chi connectivity index (χ1n) is 22.1. The molecule has 0 saturated carbocycles. The van der Waals surface area contributed by atoms with Gasteiger partial charge in [0.25, 0.3) is 20.0 Å². The molecule has 0 aromatic heterocycles. The van der Waals surface area contributed by atoms with Gasteiger partial charge < -0.3 is 48.1 Å². The molecule has 20 nitrogen and oxygen atoms in total. The van der Waals surface area contributed by atoms with Gasteiger partial charge >= 0.3 is 5.97 Å². The van der Waals surface area contributed by atoms with Crippen LogP contribution in [0, 0.1) is 41.5 Å². The van der Waals surface area contributed by atoms with E-state index in [0.717, 1.165) is 16.7 Å². The maximum atomic E-state index is 13.7. The molecule has 66 heavy (non-hydrogen) atoms. The first-order valence-corrected chi connectivity index (χ1v) is 25.1. The fourth-order valence-electron chi connectivity index (χ4n) is 8.44. The minimum Gasteiger partial charge on any atom is -0.487 e. The number of carbonyl (C=O) groups excluding carboxylic acids is 2. The molecule has 0 fully saturated rings. The van der Waals surface area contributed by atoms with Crippen LogP contribution in [-0.2, 0) is 47.3 Å². The summed E-state index contributed by atoms with van der Waals surface area (Å²) < 4.78 is 71.4. The van der Waals surface area contributed by atoms with Crippen molar-refractivity contribution in [3.8, 4) is 11.5 Å². The molecule has 13 N–H and O–H groups in total. The fraction of sp³-hybridized carbons (Fsp3) is 0.614. The molecule has 4 rings (SSSR count). The molecule has 0 spiro atoms. The van der Waals surface area contributed by atoms with Gasteiger partial charge in [0.2, 0.25) is 23.7 Å². The standard InChI is InChI=1S/C44H70N10O10S2/c1-23-25(3)36(27(5)29-21-43(7,8)63-34(23)29)65(59,60)53-41(47)49-19-13-15-31(46)38(55)51-32(39(56)52-33(40(57)58)16-11-12-18-45)17-14-20-50-42(48)54-66(61,62)37-26(4)24(2)35-30(28(37)6)22-44(9,10)64-35/h31-33H,11-22,45-46H2,1-10H3,(H,51,55)(H,52,56)(H,57,58)(H3,47,49,53)(H3,48,50,54)/t31-,32-,33-/m0/s1. The Morgan fingerprint density at radius 1 is 0.636 bits per heavy atom. The minimum absolute atomic E-state index is 0.00649. The first-order chi connectivity index (χ1) is 30.5. The number of carbonyl (C=O) groups is 3. The summed E-state index contributed by atoms with van der Waals surface area (Å²) in [5.74, 6) is -2.12. The van der Waals surface area contributed by atoms with Crippen molar-refractivity contribution in [2.45, 2.75) is 166 Å². The van der Waals surface area contributed by atoms with E-state index in [1.165, 1.54) is 0 Å². The predicted octanol–water partition coefficient (Wildman–Crippen LogP) is 1.92.